The van der Waals surface area contributed by atoms with Crippen molar-refractivity contribution >= 4 is 49.8 Å². The summed E-state index contributed by atoms with van der Waals surface area (Å²) in [6, 6.07) is 81.5. The van der Waals surface area contributed by atoms with E-state index in [-0.39, 0.29) is 5.41 Å². The van der Waals surface area contributed by atoms with Crippen molar-refractivity contribution in [3.63, 3.8) is 0 Å². The molecule has 298 valence electrons. The standard InChI is InChI=1S/C61H43NO/c1-61(2)56-28-15-14-26-50(56)51-34-33-47(38-57(51)61)62(45-31-29-41(30-32-45)40-17-6-3-7-18-40)46-24-16-23-44(37-46)58-48(42-19-8-4-9-20-42)35-36-53-55-39-54(43-21-10-5-11-22-43)49-25-12-13-27-52(49)59(55)63-60(53)58/h3-39H,1-2H3. The molecule has 2 heteroatoms. The zero-order valence-corrected chi connectivity index (χ0v) is 35.2. The Morgan fingerprint density at radius 1 is 0.317 bits per heavy atom. The molecule has 0 spiro atoms. The summed E-state index contributed by atoms with van der Waals surface area (Å²) in [6.45, 7) is 4.71. The second-order valence-corrected chi connectivity index (χ2v) is 17.2. The topological polar surface area (TPSA) is 16.4 Å². The van der Waals surface area contributed by atoms with Gasteiger partial charge in [0.2, 0.25) is 0 Å². The van der Waals surface area contributed by atoms with E-state index in [0.717, 1.165) is 66.6 Å². The Balaban J connectivity index is 1.08. The maximum Gasteiger partial charge on any atom is 0.143 e. The molecule has 63 heavy (non-hydrogen) atoms. The third-order valence-electron chi connectivity index (χ3n) is 13.3. The molecule has 2 nitrogen and oxygen atoms in total. The highest BCUT2D eigenvalue weighted by Crippen LogP contribution is 2.52. The third-order valence-corrected chi connectivity index (χ3v) is 13.3. The van der Waals surface area contributed by atoms with E-state index in [4.69, 9.17) is 4.42 Å². The molecule has 11 aromatic rings. The Bertz CT molecular complexity index is 3510. The lowest BCUT2D eigenvalue weighted by Gasteiger charge is -2.28. The summed E-state index contributed by atoms with van der Waals surface area (Å²) < 4.78 is 7.22. The van der Waals surface area contributed by atoms with Gasteiger partial charge >= 0.3 is 0 Å². The molecule has 0 saturated heterocycles. The Hall–Kier alpha value is -7.94. The minimum atomic E-state index is -0.140. The van der Waals surface area contributed by atoms with E-state index in [2.05, 4.69) is 243 Å². The van der Waals surface area contributed by atoms with Gasteiger partial charge in [-0.2, -0.15) is 0 Å². The molecule has 1 heterocycles. The molecule has 0 aliphatic heterocycles. The molecular formula is C61H43NO. The molecular weight excluding hydrogens is 763 g/mol. The third kappa shape index (κ3) is 6.02. The van der Waals surface area contributed by atoms with Gasteiger partial charge in [0, 0.05) is 44.2 Å². The minimum absolute atomic E-state index is 0.140. The molecule has 1 aliphatic rings. The lowest BCUT2D eigenvalue weighted by atomic mass is 9.82. The SMILES string of the molecule is CC1(C)c2ccccc2-c2ccc(N(c3ccc(-c4ccccc4)cc3)c3cccc(-c4c(-c5ccccc5)ccc5c4oc4c6ccccc6c(-c6ccccc6)cc54)c3)cc21. The largest absolute Gasteiger partial charge is 0.455 e. The molecule has 0 N–H and O–H groups in total. The predicted octanol–water partition coefficient (Wildman–Crippen LogP) is 17.2. The molecule has 0 atom stereocenters. The average molecular weight is 806 g/mol. The highest BCUT2D eigenvalue weighted by molar-refractivity contribution is 6.21. The van der Waals surface area contributed by atoms with Crippen molar-refractivity contribution in [3.05, 3.63) is 236 Å². The van der Waals surface area contributed by atoms with Gasteiger partial charge in [-0.1, -0.05) is 190 Å². The maximum absolute atomic E-state index is 7.22. The van der Waals surface area contributed by atoms with Crippen LogP contribution < -0.4 is 4.90 Å². The Morgan fingerprint density at radius 3 is 1.60 bits per heavy atom. The van der Waals surface area contributed by atoms with Gasteiger partial charge in [-0.05, 0) is 115 Å². The molecule has 0 unspecified atom stereocenters. The van der Waals surface area contributed by atoms with Crippen molar-refractivity contribution in [3.8, 4) is 55.6 Å². The molecule has 0 amide bonds. The normalized spacial score (nSPS) is 12.7. The second-order valence-electron chi connectivity index (χ2n) is 17.2. The fraction of sp³-hybridized carbons (Fsp3) is 0.0492. The van der Waals surface area contributed by atoms with Crippen LogP contribution in [0.5, 0.6) is 0 Å². The summed E-state index contributed by atoms with van der Waals surface area (Å²) in [5.74, 6) is 0. The first kappa shape index (κ1) is 36.9. The molecule has 12 rings (SSSR count). The van der Waals surface area contributed by atoms with Crippen molar-refractivity contribution in [1.82, 2.24) is 0 Å². The van der Waals surface area contributed by atoms with E-state index in [1.165, 1.54) is 49.9 Å². The van der Waals surface area contributed by atoms with Gasteiger partial charge in [-0.15, -0.1) is 0 Å². The highest BCUT2D eigenvalue weighted by Gasteiger charge is 2.36. The van der Waals surface area contributed by atoms with Crippen molar-refractivity contribution in [2.24, 2.45) is 0 Å². The summed E-state index contributed by atoms with van der Waals surface area (Å²) in [4.78, 5) is 2.41. The smallest absolute Gasteiger partial charge is 0.143 e. The first-order valence-corrected chi connectivity index (χ1v) is 21.8. The molecule has 1 aromatic heterocycles. The Kier molecular flexibility index (Phi) is 8.55. The summed E-state index contributed by atoms with van der Waals surface area (Å²) in [5, 5.41) is 4.50. The molecule has 1 aliphatic carbocycles. The average Bonchev–Trinajstić information content (AvgIpc) is 3.84. The minimum Gasteiger partial charge on any atom is -0.455 e. The van der Waals surface area contributed by atoms with E-state index < -0.39 is 0 Å². The number of hydrogen-bond donors (Lipinski definition) is 0. The number of nitrogens with zero attached hydrogens (tertiary/aromatic N) is 1. The number of benzene rings is 10. The van der Waals surface area contributed by atoms with Gasteiger partial charge in [0.25, 0.3) is 0 Å². The van der Waals surface area contributed by atoms with Crippen LogP contribution in [0.4, 0.5) is 17.1 Å². The molecule has 10 aromatic carbocycles. The predicted molar refractivity (Wildman–Crippen MR) is 265 cm³/mol. The molecule has 0 radical (unpaired) electrons. The van der Waals surface area contributed by atoms with Gasteiger partial charge in [-0.3, -0.25) is 0 Å². The van der Waals surface area contributed by atoms with Crippen LogP contribution in [0.3, 0.4) is 0 Å². The van der Waals surface area contributed by atoms with E-state index >= 15 is 0 Å². The van der Waals surface area contributed by atoms with Gasteiger partial charge < -0.3 is 9.32 Å². The van der Waals surface area contributed by atoms with Gasteiger partial charge in [0.05, 0.1) is 0 Å². The molecule has 0 bridgehead atoms. The van der Waals surface area contributed by atoms with Crippen LogP contribution in [0.25, 0.3) is 88.3 Å². The fourth-order valence-corrected chi connectivity index (χ4v) is 10.2. The summed E-state index contributed by atoms with van der Waals surface area (Å²) >= 11 is 0. The number of furan rings is 1. The van der Waals surface area contributed by atoms with E-state index in [1.54, 1.807) is 0 Å². The zero-order valence-electron chi connectivity index (χ0n) is 35.2. The van der Waals surface area contributed by atoms with Gasteiger partial charge in [0.1, 0.15) is 11.2 Å². The molecule has 0 saturated carbocycles. The van der Waals surface area contributed by atoms with Crippen LogP contribution in [0.15, 0.2) is 229 Å². The lowest BCUT2D eigenvalue weighted by molar-refractivity contribution is 0.660. The van der Waals surface area contributed by atoms with Gasteiger partial charge in [-0.25, -0.2) is 0 Å². The Morgan fingerprint density at radius 2 is 0.857 bits per heavy atom. The van der Waals surface area contributed by atoms with Crippen LogP contribution in [0.1, 0.15) is 25.0 Å². The number of anilines is 3. The fourth-order valence-electron chi connectivity index (χ4n) is 10.2. The highest BCUT2D eigenvalue weighted by atomic mass is 16.3. The van der Waals surface area contributed by atoms with Crippen molar-refractivity contribution in [1.29, 1.82) is 0 Å². The summed E-state index contributed by atoms with van der Waals surface area (Å²) in [6.07, 6.45) is 0. The number of hydrogen-bond acceptors (Lipinski definition) is 2. The number of rotatable bonds is 7. The summed E-state index contributed by atoms with van der Waals surface area (Å²) in [7, 11) is 0. The van der Waals surface area contributed by atoms with Crippen LogP contribution in [-0.4, -0.2) is 0 Å². The van der Waals surface area contributed by atoms with Crippen LogP contribution in [0, 0.1) is 0 Å². The van der Waals surface area contributed by atoms with Crippen LogP contribution >= 0.6 is 0 Å². The lowest BCUT2D eigenvalue weighted by Crippen LogP contribution is -2.16. The van der Waals surface area contributed by atoms with Crippen LogP contribution in [0.2, 0.25) is 0 Å². The first-order chi connectivity index (χ1) is 31.0. The van der Waals surface area contributed by atoms with Crippen LogP contribution in [-0.2, 0) is 5.41 Å². The van der Waals surface area contributed by atoms with E-state index in [1.807, 2.05) is 0 Å². The van der Waals surface area contributed by atoms with Crippen molar-refractivity contribution < 1.29 is 4.42 Å². The van der Waals surface area contributed by atoms with Gasteiger partial charge in [0.15, 0.2) is 0 Å². The van der Waals surface area contributed by atoms with E-state index in [9.17, 15) is 0 Å². The zero-order chi connectivity index (χ0) is 42.1. The first-order valence-electron chi connectivity index (χ1n) is 21.8. The summed E-state index contributed by atoms with van der Waals surface area (Å²) in [5.41, 5.74) is 19.5. The number of fused-ring (bicyclic) bond motifs is 8. The molecule has 0 fully saturated rings. The quantitative estimate of drug-likeness (QED) is 0.160. The monoisotopic (exact) mass is 805 g/mol. The van der Waals surface area contributed by atoms with Crippen molar-refractivity contribution in [2.75, 3.05) is 4.90 Å². The second kappa shape index (κ2) is 14.6. The van der Waals surface area contributed by atoms with Crippen molar-refractivity contribution in [2.45, 2.75) is 19.3 Å². The Labute approximate surface area is 368 Å². The maximum atomic E-state index is 7.22. The van der Waals surface area contributed by atoms with E-state index in [0.29, 0.717) is 0 Å².